The van der Waals surface area contributed by atoms with E-state index >= 15 is 0 Å². The van der Waals surface area contributed by atoms with Gasteiger partial charge in [0.25, 0.3) is 0 Å². The lowest BCUT2D eigenvalue weighted by atomic mass is 9.94. The smallest absolute Gasteiger partial charge is 0.0678 e. The molecule has 1 aliphatic rings. The zero-order valence-electron chi connectivity index (χ0n) is 27.1. The molecule has 0 aromatic heterocycles. The molecule has 1 unspecified atom stereocenters. The SMILES string of the molecule is C.C.C.C.C.CCC(C)(C)C.CCC(C)OC.CCC1(OC)CC1.CCCCCOC.CCCOC.CCOC. The van der Waals surface area contributed by atoms with Crippen LogP contribution >= 0.6 is 0 Å². The molecule has 0 aromatic rings. The minimum Gasteiger partial charge on any atom is -0.385 e. The normalized spacial score (nSPS) is 11.8. The van der Waals surface area contributed by atoms with Crippen LogP contribution in [-0.2, 0) is 23.7 Å². The third kappa shape index (κ3) is 83.2. The Kier molecular flexibility index (Phi) is 92.5. The quantitative estimate of drug-likeness (QED) is 0.224. The molecule has 0 spiro atoms. The summed E-state index contributed by atoms with van der Waals surface area (Å²) >= 11 is 0. The fraction of sp³-hybridized carbons (Fsp3) is 1.00. The molecule has 0 amide bonds. The van der Waals surface area contributed by atoms with E-state index in [4.69, 9.17) is 18.9 Å². The molecule has 5 heteroatoms. The number of hydrogen-bond acceptors (Lipinski definition) is 5. The third-order valence-corrected chi connectivity index (χ3v) is 5.57. The molecule has 0 aliphatic heterocycles. The summed E-state index contributed by atoms with van der Waals surface area (Å²) in [4.78, 5) is 0. The van der Waals surface area contributed by atoms with Crippen LogP contribution in [0.4, 0.5) is 0 Å². The second-order valence-electron chi connectivity index (χ2n) is 9.88. The molecule has 1 rings (SSSR count). The van der Waals surface area contributed by atoms with Crippen molar-refractivity contribution in [2.75, 3.05) is 55.4 Å². The van der Waals surface area contributed by atoms with Crippen molar-refractivity contribution in [1.29, 1.82) is 0 Å². The van der Waals surface area contributed by atoms with Crippen LogP contribution in [0.25, 0.3) is 0 Å². The topological polar surface area (TPSA) is 46.2 Å². The minimum absolute atomic E-state index is 0. The number of methoxy groups -OCH3 is 5. The van der Waals surface area contributed by atoms with E-state index in [1.165, 1.54) is 44.9 Å². The molecule has 0 bridgehead atoms. The molecule has 1 aliphatic carbocycles. The van der Waals surface area contributed by atoms with Crippen molar-refractivity contribution in [3.63, 3.8) is 0 Å². The van der Waals surface area contributed by atoms with Gasteiger partial charge in [-0.3, -0.25) is 0 Å². The van der Waals surface area contributed by atoms with E-state index < -0.39 is 0 Å². The molecule has 1 fully saturated rings. The highest BCUT2D eigenvalue weighted by Gasteiger charge is 2.40. The predicted molar refractivity (Wildman–Crippen MR) is 191 cm³/mol. The van der Waals surface area contributed by atoms with Gasteiger partial charge in [-0.1, -0.05) is 112 Å². The minimum atomic E-state index is 0. The fourth-order valence-electron chi connectivity index (χ4n) is 1.71. The third-order valence-electron chi connectivity index (χ3n) is 5.57. The van der Waals surface area contributed by atoms with Gasteiger partial charge >= 0.3 is 0 Å². The molecule has 0 radical (unpaired) electrons. The Bertz CT molecular complexity index is 308. The molecule has 0 N–H and O–H groups in total. The maximum Gasteiger partial charge on any atom is 0.0678 e. The van der Waals surface area contributed by atoms with Crippen LogP contribution in [0.15, 0.2) is 0 Å². The number of hydrogen-bond donors (Lipinski definition) is 0. The van der Waals surface area contributed by atoms with E-state index in [-0.39, 0.29) is 37.1 Å². The second kappa shape index (κ2) is 54.8. The highest BCUT2D eigenvalue weighted by Crippen LogP contribution is 2.41. The summed E-state index contributed by atoms with van der Waals surface area (Å²) in [5, 5.41) is 0. The fourth-order valence-corrected chi connectivity index (χ4v) is 1.71. The summed E-state index contributed by atoms with van der Waals surface area (Å²) in [5.41, 5.74) is 0.875. The summed E-state index contributed by atoms with van der Waals surface area (Å²) in [5.74, 6) is 0. The van der Waals surface area contributed by atoms with Gasteiger partial charge in [0.2, 0.25) is 0 Å². The molecule has 0 aromatic carbocycles. The molecular weight excluding hydrogens is 500 g/mol. The van der Waals surface area contributed by atoms with Crippen LogP contribution in [0.3, 0.4) is 0 Å². The van der Waals surface area contributed by atoms with Crippen LogP contribution in [0, 0.1) is 5.41 Å². The van der Waals surface area contributed by atoms with Gasteiger partial charge in [-0.15, -0.1) is 0 Å². The Labute approximate surface area is 260 Å². The van der Waals surface area contributed by atoms with E-state index in [0.717, 1.165) is 32.7 Å². The highest BCUT2D eigenvalue weighted by atomic mass is 16.5. The summed E-state index contributed by atoms with van der Waals surface area (Å²) in [6.07, 6.45) is 11.5. The van der Waals surface area contributed by atoms with Crippen LogP contribution in [-0.4, -0.2) is 67.1 Å². The predicted octanol–water partition coefficient (Wildman–Crippen LogP) is 12.1. The van der Waals surface area contributed by atoms with E-state index in [9.17, 15) is 0 Å². The van der Waals surface area contributed by atoms with Gasteiger partial charge in [0, 0.05) is 55.4 Å². The van der Waals surface area contributed by atoms with Crippen molar-refractivity contribution in [2.24, 2.45) is 5.41 Å². The maximum absolute atomic E-state index is 5.20. The first-order chi connectivity index (χ1) is 16.4. The molecule has 260 valence electrons. The Morgan fingerprint density at radius 2 is 1.05 bits per heavy atom. The van der Waals surface area contributed by atoms with Crippen molar-refractivity contribution in [1.82, 2.24) is 0 Å². The van der Waals surface area contributed by atoms with Crippen molar-refractivity contribution in [3.05, 3.63) is 0 Å². The van der Waals surface area contributed by atoms with E-state index in [1.807, 2.05) is 6.92 Å². The summed E-state index contributed by atoms with van der Waals surface area (Å²) in [6.45, 7) is 24.1. The number of rotatable bonds is 11. The first-order valence-electron chi connectivity index (χ1n) is 14.0. The van der Waals surface area contributed by atoms with Gasteiger partial charge in [-0.2, -0.15) is 0 Å². The summed E-state index contributed by atoms with van der Waals surface area (Å²) < 4.78 is 24.2. The van der Waals surface area contributed by atoms with Crippen LogP contribution in [0.1, 0.15) is 164 Å². The average molecular weight is 591 g/mol. The monoisotopic (exact) mass is 591 g/mol. The molecule has 0 heterocycles. The van der Waals surface area contributed by atoms with Gasteiger partial charge < -0.3 is 23.7 Å². The van der Waals surface area contributed by atoms with Crippen LogP contribution < -0.4 is 0 Å². The van der Waals surface area contributed by atoms with Gasteiger partial charge in [0.1, 0.15) is 0 Å². The molecular formula is C35H90O5. The van der Waals surface area contributed by atoms with Crippen molar-refractivity contribution in [2.45, 2.75) is 176 Å². The first-order valence-corrected chi connectivity index (χ1v) is 14.0. The van der Waals surface area contributed by atoms with Crippen LogP contribution in [0.2, 0.25) is 0 Å². The largest absolute Gasteiger partial charge is 0.385 e. The van der Waals surface area contributed by atoms with Crippen molar-refractivity contribution >= 4 is 0 Å². The van der Waals surface area contributed by atoms with Crippen LogP contribution in [0.5, 0.6) is 0 Å². The van der Waals surface area contributed by atoms with Gasteiger partial charge in [-0.05, 0) is 57.8 Å². The van der Waals surface area contributed by atoms with Gasteiger partial charge in [-0.25, -0.2) is 0 Å². The molecule has 40 heavy (non-hydrogen) atoms. The number of unbranched alkanes of at least 4 members (excludes halogenated alkanes) is 2. The molecule has 5 nitrogen and oxygen atoms in total. The highest BCUT2D eigenvalue weighted by molar-refractivity contribution is 4.93. The van der Waals surface area contributed by atoms with Gasteiger partial charge in [0.05, 0.1) is 11.7 Å². The van der Waals surface area contributed by atoms with Gasteiger partial charge in [0.15, 0.2) is 0 Å². The lowest BCUT2D eigenvalue weighted by Gasteiger charge is -2.12. The Hall–Kier alpha value is -0.200. The standard InChI is InChI=1S/C6H12O.C6H14O.C6H14.C5H12O.C4H10O.C3H8O.5CH4/c1-3-6(7-2)4-5-6;1-3-4-5-6-7-2;1-5-6(2,3)4;1-4-5(2)6-3;1-3-4-5-2;1-3-4-2;;;;;/h3-5H2,1-2H3;3-6H2,1-2H3;5H2,1-4H3;5H,4H2,1-3H3;3-4H2,1-2H3;3H2,1-2H3;5*1H4. The van der Waals surface area contributed by atoms with E-state index in [2.05, 4.69) is 67.1 Å². The summed E-state index contributed by atoms with van der Waals surface area (Å²) in [6, 6.07) is 0. The zero-order chi connectivity index (χ0) is 28.6. The Morgan fingerprint density at radius 3 is 1.12 bits per heavy atom. The van der Waals surface area contributed by atoms with E-state index in [0.29, 0.717) is 17.1 Å². The first kappa shape index (κ1) is 67.5. The maximum atomic E-state index is 5.20. The molecule has 1 saturated carbocycles. The average Bonchev–Trinajstić information content (AvgIpc) is 3.66. The Morgan fingerprint density at radius 1 is 0.650 bits per heavy atom. The molecule has 0 saturated heterocycles. The number of ether oxygens (including phenoxy) is 5. The second-order valence-corrected chi connectivity index (χ2v) is 9.88. The lowest BCUT2D eigenvalue weighted by molar-refractivity contribution is 0.0772. The molecule has 1 atom stereocenters. The van der Waals surface area contributed by atoms with Crippen molar-refractivity contribution in [3.8, 4) is 0 Å². The zero-order valence-corrected chi connectivity index (χ0v) is 27.1. The van der Waals surface area contributed by atoms with E-state index in [1.54, 1.807) is 35.5 Å². The lowest BCUT2D eigenvalue weighted by Crippen LogP contribution is -2.07. The summed E-state index contributed by atoms with van der Waals surface area (Å²) in [7, 11) is 8.67. The Balaban J connectivity index is -0.0000000332. The van der Waals surface area contributed by atoms with Crippen molar-refractivity contribution < 1.29 is 23.7 Å².